The van der Waals surface area contributed by atoms with Gasteiger partial charge in [-0.15, -0.1) is 0 Å². The molecule has 1 aromatic rings. The van der Waals surface area contributed by atoms with Crippen LogP contribution in [0.3, 0.4) is 0 Å². The average molecular weight is 258 g/mol. The van der Waals surface area contributed by atoms with Crippen LogP contribution in [0.4, 0.5) is 0 Å². The summed E-state index contributed by atoms with van der Waals surface area (Å²) in [6, 6.07) is 0.883. The Labute approximate surface area is 123 Å². The Morgan fingerprint density at radius 1 is 0.895 bits per heavy atom. The van der Waals surface area contributed by atoms with Crippen molar-refractivity contribution < 1.29 is 5.48 Å². The maximum absolute atomic E-state index is 8.55. The molecule has 0 saturated heterocycles. The predicted molar refractivity (Wildman–Crippen MR) is 80.3 cm³/mol. The molecule has 4 saturated carbocycles. The van der Waals surface area contributed by atoms with Gasteiger partial charge < -0.3 is 0 Å². The van der Waals surface area contributed by atoms with Crippen molar-refractivity contribution in [3.8, 4) is 0 Å². The van der Waals surface area contributed by atoms with Gasteiger partial charge in [0.2, 0.25) is 0 Å². The van der Waals surface area contributed by atoms with Crippen molar-refractivity contribution in [1.82, 2.24) is 0 Å². The predicted octanol–water partition coefficient (Wildman–Crippen LogP) is 5.35. The van der Waals surface area contributed by atoms with Gasteiger partial charge in [-0.2, -0.15) is 0 Å². The Morgan fingerprint density at radius 2 is 1.42 bits per heavy atom. The summed E-state index contributed by atoms with van der Waals surface area (Å²) in [4.78, 5) is 0. The smallest absolute Gasteiger partial charge is 0.0587 e. The second-order valence-electron chi connectivity index (χ2n) is 7.44. The SMILES string of the molecule is [2H]c1c([2H])c(C2C3CC4CC(C3)CC2C4)c([2H])c([2H])c1C(C)C. The largest absolute Gasteiger partial charge is 0.0626 e. The number of hydrogen-bond acceptors (Lipinski definition) is 0. The van der Waals surface area contributed by atoms with Gasteiger partial charge in [-0.05, 0) is 78.7 Å². The molecule has 0 atom stereocenters. The lowest BCUT2D eigenvalue weighted by molar-refractivity contribution is -0.00278. The van der Waals surface area contributed by atoms with E-state index in [2.05, 4.69) is 0 Å². The van der Waals surface area contributed by atoms with Gasteiger partial charge in [-0.3, -0.25) is 0 Å². The molecule has 0 unspecified atom stereocenters. The van der Waals surface area contributed by atoms with Crippen LogP contribution < -0.4 is 0 Å². The third-order valence-corrected chi connectivity index (χ3v) is 5.80. The number of hydrogen-bond donors (Lipinski definition) is 0. The Morgan fingerprint density at radius 3 is 1.89 bits per heavy atom. The summed E-state index contributed by atoms with van der Waals surface area (Å²) >= 11 is 0. The van der Waals surface area contributed by atoms with Crippen molar-refractivity contribution >= 4 is 0 Å². The van der Waals surface area contributed by atoms with Gasteiger partial charge in [0.15, 0.2) is 0 Å². The van der Waals surface area contributed by atoms with Crippen molar-refractivity contribution in [2.45, 2.75) is 57.8 Å². The van der Waals surface area contributed by atoms with Gasteiger partial charge in [0, 0.05) is 0 Å². The first-order valence-corrected chi connectivity index (χ1v) is 7.98. The lowest BCUT2D eigenvalue weighted by Crippen LogP contribution is -2.43. The maximum Gasteiger partial charge on any atom is 0.0626 e. The Hall–Kier alpha value is -0.780. The molecule has 1 aromatic carbocycles. The van der Waals surface area contributed by atoms with E-state index in [1.54, 1.807) is 0 Å². The highest BCUT2D eigenvalue weighted by atomic mass is 14.5. The van der Waals surface area contributed by atoms with E-state index in [4.69, 9.17) is 5.48 Å². The zero-order chi connectivity index (χ0) is 16.5. The second-order valence-corrected chi connectivity index (χ2v) is 7.44. The molecule has 4 aliphatic rings. The first-order chi connectivity index (χ1) is 10.9. The number of benzene rings is 1. The lowest BCUT2D eigenvalue weighted by atomic mass is 9.51. The molecule has 5 rings (SSSR count). The molecule has 19 heavy (non-hydrogen) atoms. The van der Waals surface area contributed by atoms with Crippen molar-refractivity contribution in [3.05, 3.63) is 35.3 Å². The van der Waals surface area contributed by atoms with E-state index in [1.165, 1.54) is 32.1 Å². The van der Waals surface area contributed by atoms with Gasteiger partial charge in [0.1, 0.15) is 0 Å². The van der Waals surface area contributed by atoms with Crippen LogP contribution in [0, 0.1) is 23.7 Å². The van der Waals surface area contributed by atoms with Gasteiger partial charge in [-0.1, -0.05) is 38.0 Å². The van der Waals surface area contributed by atoms with Crippen LogP contribution in [0.5, 0.6) is 0 Å². The Balaban J connectivity index is 1.84. The van der Waals surface area contributed by atoms with E-state index in [0.717, 1.165) is 17.4 Å². The highest BCUT2D eigenvalue weighted by Crippen LogP contribution is 2.59. The summed E-state index contributed by atoms with van der Waals surface area (Å²) in [5, 5.41) is 0. The number of rotatable bonds is 2. The minimum absolute atomic E-state index is 0.0238. The molecule has 0 heteroatoms. The molecule has 0 nitrogen and oxygen atoms in total. The van der Waals surface area contributed by atoms with E-state index in [-0.39, 0.29) is 36.0 Å². The molecule has 0 N–H and O–H groups in total. The second kappa shape index (κ2) is 4.36. The standard InChI is InChI=1S/C19H26/c1-12(2)15-3-5-16(6-4-15)19-17-8-13-7-14(10-17)11-18(19)9-13/h3-6,12-14,17-19H,7-11H2,1-2H3/i3D,4D,5D,6D. The first kappa shape index (κ1) is 8.49. The molecule has 0 spiro atoms. The quantitative estimate of drug-likeness (QED) is 0.671. The summed E-state index contributed by atoms with van der Waals surface area (Å²) < 4.78 is 33.9. The van der Waals surface area contributed by atoms with Crippen molar-refractivity contribution in [2.24, 2.45) is 23.7 Å². The molecule has 0 heterocycles. The van der Waals surface area contributed by atoms with Crippen LogP contribution in [0.25, 0.3) is 0 Å². The fraction of sp³-hybridized carbons (Fsp3) is 0.684. The minimum Gasteiger partial charge on any atom is -0.0587 e. The highest BCUT2D eigenvalue weighted by molar-refractivity contribution is 5.29. The summed E-state index contributed by atoms with van der Waals surface area (Å²) in [5.74, 6) is 3.18. The van der Waals surface area contributed by atoms with E-state index in [1.807, 2.05) is 13.8 Å². The van der Waals surface area contributed by atoms with Crippen molar-refractivity contribution in [2.75, 3.05) is 0 Å². The van der Waals surface area contributed by atoms with E-state index in [0.29, 0.717) is 17.4 Å². The molecule has 102 valence electrons. The summed E-state index contributed by atoms with van der Waals surface area (Å²) in [7, 11) is 0. The molecule has 4 aliphatic carbocycles. The molecule has 4 bridgehead atoms. The fourth-order valence-electron chi connectivity index (χ4n) is 5.18. The third-order valence-electron chi connectivity index (χ3n) is 5.80. The molecule has 0 amide bonds. The molecular weight excluding hydrogens is 228 g/mol. The molecule has 4 fully saturated rings. The fourth-order valence-corrected chi connectivity index (χ4v) is 5.18. The summed E-state index contributed by atoms with van der Waals surface area (Å²) in [6.45, 7) is 3.90. The summed E-state index contributed by atoms with van der Waals surface area (Å²) in [6.07, 6.45) is 6.35. The topological polar surface area (TPSA) is 0 Å². The average Bonchev–Trinajstić information content (AvgIpc) is 2.47. The van der Waals surface area contributed by atoms with Crippen LogP contribution in [0.2, 0.25) is 0 Å². The Kier molecular flexibility index (Phi) is 1.95. The van der Waals surface area contributed by atoms with Crippen LogP contribution in [0.15, 0.2) is 24.2 Å². The van der Waals surface area contributed by atoms with E-state index >= 15 is 0 Å². The third kappa shape index (κ3) is 1.95. The van der Waals surface area contributed by atoms with Gasteiger partial charge in [0.25, 0.3) is 0 Å². The summed E-state index contributed by atoms with van der Waals surface area (Å²) in [5.41, 5.74) is 1.31. The molecule has 0 aromatic heterocycles. The van der Waals surface area contributed by atoms with Crippen LogP contribution in [0.1, 0.15) is 74.4 Å². The van der Waals surface area contributed by atoms with Crippen LogP contribution >= 0.6 is 0 Å². The lowest BCUT2D eigenvalue weighted by Gasteiger charge is -2.54. The minimum atomic E-state index is 0.0238. The zero-order valence-electron chi connectivity index (χ0n) is 16.0. The van der Waals surface area contributed by atoms with Crippen molar-refractivity contribution in [3.63, 3.8) is 0 Å². The zero-order valence-corrected chi connectivity index (χ0v) is 12.0. The molecular formula is C19H26. The monoisotopic (exact) mass is 258 g/mol. The Bertz CT molecular complexity index is 592. The molecule has 0 radical (unpaired) electrons. The van der Waals surface area contributed by atoms with Crippen LogP contribution in [-0.4, -0.2) is 0 Å². The molecule has 0 aliphatic heterocycles. The normalized spacial score (nSPS) is 43.0. The van der Waals surface area contributed by atoms with Gasteiger partial charge in [-0.25, -0.2) is 0 Å². The van der Waals surface area contributed by atoms with Crippen molar-refractivity contribution in [1.29, 1.82) is 0 Å². The van der Waals surface area contributed by atoms with E-state index in [9.17, 15) is 0 Å². The van der Waals surface area contributed by atoms with Gasteiger partial charge in [0.05, 0.1) is 5.48 Å². The highest BCUT2D eigenvalue weighted by Gasteiger charge is 2.48. The maximum atomic E-state index is 8.55. The first-order valence-electron chi connectivity index (χ1n) is 9.98. The van der Waals surface area contributed by atoms with Gasteiger partial charge >= 0.3 is 0 Å². The van der Waals surface area contributed by atoms with E-state index < -0.39 is 0 Å². The van der Waals surface area contributed by atoms with Crippen LogP contribution in [-0.2, 0) is 0 Å².